The van der Waals surface area contributed by atoms with Crippen LogP contribution in [0, 0.1) is 23.7 Å². The van der Waals surface area contributed by atoms with Crippen molar-refractivity contribution in [3.8, 4) is 11.8 Å². The summed E-state index contributed by atoms with van der Waals surface area (Å²) >= 11 is 0. The second-order valence-electron chi connectivity index (χ2n) is 5.43. The van der Waals surface area contributed by atoms with Gasteiger partial charge in [-0.25, -0.2) is 0 Å². The molecule has 0 radical (unpaired) electrons. The van der Waals surface area contributed by atoms with E-state index in [0.29, 0.717) is 6.54 Å². The molecule has 1 rings (SSSR count). The number of hydrogen-bond donors (Lipinski definition) is 0. The number of rotatable bonds is 6. The van der Waals surface area contributed by atoms with Gasteiger partial charge >= 0.3 is 11.9 Å². The number of ether oxygens (including phenoxy) is 2. The maximum absolute atomic E-state index is 12.0. The molecule has 1 saturated heterocycles. The fraction of sp³-hybridized carbons (Fsp3) is 0.765. The Balaban J connectivity index is 2.63. The summed E-state index contributed by atoms with van der Waals surface area (Å²) in [6.45, 7) is 8.50. The maximum atomic E-state index is 12.0. The number of hydrogen-bond acceptors (Lipinski definition) is 5. The molecule has 1 atom stereocenters. The molecule has 0 aromatic carbocycles. The molecule has 1 aliphatic rings. The van der Waals surface area contributed by atoms with Crippen molar-refractivity contribution in [2.75, 3.05) is 32.8 Å². The highest BCUT2D eigenvalue weighted by Crippen LogP contribution is 2.15. The van der Waals surface area contributed by atoms with Gasteiger partial charge in [-0.2, -0.15) is 0 Å². The van der Waals surface area contributed by atoms with E-state index in [4.69, 9.17) is 9.47 Å². The largest absolute Gasteiger partial charge is 0.465 e. The number of carbonyl (C=O) groups is 2. The maximum Gasteiger partial charge on any atom is 0.321 e. The highest BCUT2D eigenvalue weighted by molar-refractivity contribution is 5.95. The Hall–Kier alpha value is -1.54. The lowest BCUT2D eigenvalue weighted by Gasteiger charge is -2.24. The van der Waals surface area contributed by atoms with Gasteiger partial charge in [-0.05, 0) is 46.7 Å². The van der Waals surface area contributed by atoms with Crippen molar-refractivity contribution in [2.45, 2.75) is 40.0 Å². The summed E-state index contributed by atoms with van der Waals surface area (Å²) in [5, 5.41) is 0. The summed E-state index contributed by atoms with van der Waals surface area (Å²) < 4.78 is 9.94. The van der Waals surface area contributed by atoms with Gasteiger partial charge in [0, 0.05) is 5.92 Å². The van der Waals surface area contributed by atoms with Crippen molar-refractivity contribution in [1.29, 1.82) is 0 Å². The van der Waals surface area contributed by atoms with Crippen LogP contribution in [0.1, 0.15) is 40.0 Å². The van der Waals surface area contributed by atoms with Gasteiger partial charge in [0.05, 0.1) is 19.8 Å². The Morgan fingerprint density at radius 1 is 1.05 bits per heavy atom. The van der Waals surface area contributed by atoms with Crippen LogP contribution in [-0.4, -0.2) is 49.7 Å². The standard InChI is InChI=1S/C17H27NO4/c1-4-21-16(19)15(17(20)22-5-2)14(3)10-9-13-18-11-7-6-8-12-18/h14-15H,4-8,11-13H2,1-3H3/t14-/m1/s1. The first kappa shape index (κ1) is 18.5. The summed E-state index contributed by atoms with van der Waals surface area (Å²) in [7, 11) is 0. The summed E-state index contributed by atoms with van der Waals surface area (Å²) in [5.41, 5.74) is 0. The normalized spacial score (nSPS) is 16.5. The molecule has 5 nitrogen and oxygen atoms in total. The summed E-state index contributed by atoms with van der Waals surface area (Å²) in [4.78, 5) is 26.2. The third kappa shape index (κ3) is 6.07. The number of likely N-dealkylation sites (tertiary alicyclic amines) is 1. The topological polar surface area (TPSA) is 55.8 Å². The summed E-state index contributed by atoms with van der Waals surface area (Å²) in [6, 6.07) is 0. The molecule has 124 valence electrons. The number of piperidine rings is 1. The van der Waals surface area contributed by atoms with Gasteiger partial charge in [0.2, 0.25) is 0 Å². The number of nitrogens with zero attached hydrogens (tertiary/aromatic N) is 1. The van der Waals surface area contributed by atoms with Crippen molar-refractivity contribution < 1.29 is 19.1 Å². The minimum absolute atomic E-state index is 0.239. The first-order valence-electron chi connectivity index (χ1n) is 8.14. The van der Waals surface area contributed by atoms with Gasteiger partial charge in [-0.1, -0.05) is 18.3 Å². The average molecular weight is 309 g/mol. The van der Waals surface area contributed by atoms with Crippen LogP contribution in [0.25, 0.3) is 0 Å². The van der Waals surface area contributed by atoms with Crippen molar-refractivity contribution in [3.05, 3.63) is 0 Å². The lowest BCUT2D eigenvalue weighted by Crippen LogP contribution is -2.33. The molecule has 5 heteroatoms. The van der Waals surface area contributed by atoms with Gasteiger partial charge in [0.1, 0.15) is 0 Å². The van der Waals surface area contributed by atoms with E-state index in [-0.39, 0.29) is 13.2 Å². The molecular formula is C17H27NO4. The van der Waals surface area contributed by atoms with Crippen molar-refractivity contribution in [2.24, 2.45) is 11.8 Å². The molecule has 0 aromatic heterocycles. The molecule has 1 heterocycles. The van der Waals surface area contributed by atoms with Crippen LogP contribution in [0.5, 0.6) is 0 Å². The quantitative estimate of drug-likeness (QED) is 0.426. The fourth-order valence-electron chi connectivity index (χ4n) is 2.49. The van der Waals surface area contributed by atoms with Crippen LogP contribution >= 0.6 is 0 Å². The molecular weight excluding hydrogens is 282 g/mol. The Morgan fingerprint density at radius 2 is 1.59 bits per heavy atom. The van der Waals surface area contributed by atoms with Gasteiger partial charge in [0.25, 0.3) is 0 Å². The monoisotopic (exact) mass is 309 g/mol. The van der Waals surface area contributed by atoms with Gasteiger partial charge < -0.3 is 9.47 Å². The van der Waals surface area contributed by atoms with Gasteiger partial charge in [-0.3, -0.25) is 14.5 Å². The van der Waals surface area contributed by atoms with Crippen molar-refractivity contribution in [1.82, 2.24) is 4.90 Å². The van der Waals surface area contributed by atoms with E-state index in [0.717, 1.165) is 13.1 Å². The molecule has 0 unspecified atom stereocenters. The molecule has 0 N–H and O–H groups in total. The zero-order valence-electron chi connectivity index (χ0n) is 13.9. The zero-order chi connectivity index (χ0) is 16.4. The lowest BCUT2D eigenvalue weighted by molar-refractivity contribution is -0.163. The van der Waals surface area contributed by atoms with E-state index in [2.05, 4.69) is 16.7 Å². The summed E-state index contributed by atoms with van der Waals surface area (Å²) in [6.07, 6.45) is 3.71. The van der Waals surface area contributed by atoms with Crippen LogP contribution in [0.3, 0.4) is 0 Å². The predicted octanol–water partition coefficient (Wildman–Crippen LogP) is 1.85. The molecule has 0 aromatic rings. The van der Waals surface area contributed by atoms with E-state index in [1.807, 2.05) is 0 Å². The van der Waals surface area contributed by atoms with Crippen molar-refractivity contribution >= 4 is 11.9 Å². The molecule has 0 spiro atoms. The summed E-state index contributed by atoms with van der Waals surface area (Å²) in [5.74, 6) is 3.62. The Labute approximate surface area is 133 Å². The van der Waals surface area contributed by atoms with E-state index < -0.39 is 23.8 Å². The second-order valence-corrected chi connectivity index (χ2v) is 5.43. The van der Waals surface area contributed by atoms with Crippen LogP contribution in [0.4, 0.5) is 0 Å². The van der Waals surface area contributed by atoms with Crippen molar-refractivity contribution in [3.63, 3.8) is 0 Å². The third-order valence-corrected chi connectivity index (χ3v) is 3.66. The molecule has 1 aliphatic heterocycles. The Morgan fingerprint density at radius 3 is 2.09 bits per heavy atom. The highest BCUT2D eigenvalue weighted by Gasteiger charge is 2.34. The Bertz CT molecular complexity index is 400. The zero-order valence-corrected chi connectivity index (χ0v) is 13.9. The van der Waals surface area contributed by atoms with Crippen LogP contribution < -0.4 is 0 Å². The minimum Gasteiger partial charge on any atom is -0.465 e. The number of carbonyl (C=O) groups excluding carboxylic acids is 2. The molecule has 0 bridgehead atoms. The SMILES string of the molecule is CCOC(=O)C(C(=O)OCC)[C@H](C)C#CCN1CCCCC1. The van der Waals surface area contributed by atoms with E-state index in [1.165, 1.54) is 19.3 Å². The average Bonchev–Trinajstić information content (AvgIpc) is 2.49. The van der Waals surface area contributed by atoms with Gasteiger partial charge in [0.15, 0.2) is 5.92 Å². The molecule has 0 aliphatic carbocycles. The van der Waals surface area contributed by atoms with E-state index in [9.17, 15) is 9.59 Å². The molecule has 1 fully saturated rings. The van der Waals surface area contributed by atoms with E-state index >= 15 is 0 Å². The molecule has 0 amide bonds. The predicted molar refractivity (Wildman–Crippen MR) is 84.0 cm³/mol. The minimum atomic E-state index is -0.964. The molecule has 22 heavy (non-hydrogen) atoms. The van der Waals surface area contributed by atoms with Gasteiger partial charge in [-0.15, -0.1) is 0 Å². The third-order valence-electron chi connectivity index (χ3n) is 3.66. The lowest BCUT2D eigenvalue weighted by atomic mass is 9.94. The highest BCUT2D eigenvalue weighted by atomic mass is 16.6. The van der Waals surface area contributed by atoms with Crippen LogP contribution in [0.2, 0.25) is 0 Å². The number of esters is 2. The fourth-order valence-corrected chi connectivity index (χ4v) is 2.49. The molecule has 0 saturated carbocycles. The van der Waals surface area contributed by atoms with Crippen LogP contribution in [-0.2, 0) is 19.1 Å². The smallest absolute Gasteiger partial charge is 0.321 e. The van der Waals surface area contributed by atoms with E-state index in [1.54, 1.807) is 20.8 Å². The first-order valence-corrected chi connectivity index (χ1v) is 8.14. The Kier molecular flexibility index (Phi) is 8.61. The first-order chi connectivity index (χ1) is 10.6. The second kappa shape index (κ2) is 10.2. The van der Waals surface area contributed by atoms with Crippen LogP contribution in [0.15, 0.2) is 0 Å².